The highest BCUT2D eigenvalue weighted by Crippen LogP contribution is 2.39. The fourth-order valence-corrected chi connectivity index (χ4v) is 3.48. The fraction of sp³-hybridized carbons (Fsp3) is 0.632. The van der Waals surface area contributed by atoms with Gasteiger partial charge in [-0.1, -0.05) is 51.1 Å². The summed E-state index contributed by atoms with van der Waals surface area (Å²) in [6, 6.07) is 11.0. The van der Waals surface area contributed by atoms with Crippen molar-refractivity contribution in [3.63, 3.8) is 0 Å². The van der Waals surface area contributed by atoms with E-state index in [0.29, 0.717) is 23.8 Å². The molecule has 0 saturated heterocycles. The second kappa shape index (κ2) is 7.11. The lowest BCUT2D eigenvalue weighted by molar-refractivity contribution is -0.122. The number of carbonyl (C=O) groups excluding carboxylic acids is 1. The molecule has 2 nitrogen and oxygen atoms in total. The van der Waals surface area contributed by atoms with E-state index in [2.05, 4.69) is 56.4 Å². The van der Waals surface area contributed by atoms with Gasteiger partial charge in [0.2, 0.25) is 5.91 Å². The van der Waals surface area contributed by atoms with Crippen LogP contribution in [0, 0.1) is 11.3 Å². The zero-order valence-electron chi connectivity index (χ0n) is 13.7. The molecule has 0 heterocycles. The van der Waals surface area contributed by atoms with Crippen LogP contribution in [0.1, 0.15) is 58.4 Å². The number of benzene rings is 1. The van der Waals surface area contributed by atoms with Gasteiger partial charge in [0.05, 0.1) is 0 Å². The molecule has 1 N–H and O–H groups in total. The number of amides is 1. The number of nitrogens with one attached hydrogen (secondary N) is 1. The molecule has 116 valence electrons. The topological polar surface area (TPSA) is 29.1 Å². The molecular weight excluding hydrogens is 258 g/mol. The molecule has 0 radical (unpaired) electrons. The Morgan fingerprint density at radius 1 is 1.29 bits per heavy atom. The standard InChI is InChI=1S/C19H29NO/c1-4-8-18(21)20-17-14-19(2,3)12-11-16(17)13-15-9-6-5-7-10-15/h5-7,9-10,16-17H,4,8,11-14H2,1-3H3,(H,20,21). The molecule has 1 amide bonds. The van der Waals surface area contributed by atoms with Gasteiger partial charge in [-0.3, -0.25) is 4.79 Å². The van der Waals surface area contributed by atoms with Gasteiger partial charge < -0.3 is 5.32 Å². The maximum Gasteiger partial charge on any atom is 0.220 e. The lowest BCUT2D eigenvalue weighted by Crippen LogP contribution is -2.46. The van der Waals surface area contributed by atoms with Gasteiger partial charge in [0.15, 0.2) is 0 Å². The van der Waals surface area contributed by atoms with Crippen molar-refractivity contribution in [2.75, 3.05) is 0 Å². The summed E-state index contributed by atoms with van der Waals surface area (Å²) < 4.78 is 0. The number of rotatable bonds is 5. The van der Waals surface area contributed by atoms with Crippen LogP contribution < -0.4 is 5.32 Å². The highest BCUT2D eigenvalue weighted by Gasteiger charge is 2.35. The minimum absolute atomic E-state index is 0.221. The first-order chi connectivity index (χ1) is 10.00. The Labute approximate surface area is 129 Å². The molecule has 0 bridgehead atoms. The van der Waals surface area contributed by atoms with Crippen LogP contribution in [-0.2, 0) is 11.2 Å². The Kier molecular flexibility index (Phi) is 5.44. The summed E-state index contributed by atoms with van der Waals surface area (Å²) in [5.41, 5.74) is 1.73. The highest BCUT2D eigenvalue weighted by atomic mass is 16.1. The molecule has 2 atom stereocenters. The minimum Gasteiger partial charge on any atom is -0.353 e. The van der Waals surface area contributed by atoms with E-state index in [1.165, 1.54) is 18.4 Å². The third-order valence-electron chi connectivity index (χ3n) is 4.70. The Bertz CT molecular complexity index is 452. The van der Waals surface area contributed by atoms with Crippen LogP contribution in [0.15, 0.2) is 30.3 Å². The van der Waals surface area contributed by atoms with E-state index in [-0.39, 0.29) is 5.91 Å². The normalized spacial score (nSPS) is 24.5. The second-order valence-electron chi connectivity index (χ2n) is 7.28. The van der Waals surface area contributed by atoms with Crippen LogP contribution in [0.3, 0.4) is 0 Å². The summed E-state index contributed by atoms with van der Waals surface area (Å²) in [6.45, 7) is 6.71. The van der Waals surface area contributed by atoms with E-state index in [4.69, 9.17) is 0 Å². The van der Waals surface area contributed by atoms with E-state index < -0.39 is 0 Å². The van der Waals surface area contributed by atoms with E-state index in [1.807, 2.05) is 0 Å². The minimum atomic E-state index is 0.221. The van der Waals surface area contributed by atoms with Gasteiger partial charge in [0, 0.05) is 12.5 Å². The largest absolute Gasteiger partial charge is 0.353 e. The van der Waals surface area contributed by atoms with E-state index in [9.17, 15) is 4.79 Å². The number of hydrogen-bond acceptors (Lipinski definition) is 1. The highest BCUT2D eigenvalue weighted by molar-refractivity contribution is 5.76. The SMILES string of the molecule is CCCC(=O)NC1CC(C)(C)CCC1Cc1ccccc1. The summed E-state index contributed by atoms with van der Waals surface area (Å²) in [5.74, 6) is 0.791. The van der Waals surface area contributed by atoms with Crippen molar-refractivity contribution in [1.29, 1.82) is 0 Å². The Balaban J connectivity index is 2.04. The summed E-state index contributed by atoms with van der Waals surface area (Å²) in [5, 5.41) is 3.31. The molecule has 1 aromatic rings. The third-order valence-corrected chi connectivity index (χ3v) is 4.70. The molecule has 2 heteroatoms. The van der Waals surface area contributed by atoms with E-state index in [1.54, 1.807) is 0 Å². The van der Waals surface area contributed by atoms with Crippen molar-refractivity contribution in [3.8, 4) is 0 Å². The molecule has 1 aliphatic rings. The molecular formula is C19H29NO. The Hall–Kier alpha value is -1.31. The van der Waals surface area contributed by atoms with Gasteiger partial charge in [-0.05, 0) is 49.0 Å². The van der Waals surface area contributed by atoms with E-state index >= 15 is 0 Å². The molecule has 1 fully saturated rings. The van der Waals surface area contributed by atoms with Crippen LogP contribution in [0.2, 0.25) is 0 Å². The van der Waals surface area contributed by atoms with Crippen LogP contribution >= 0.6 is 0 Å². The van der Waals surface area contributed by atoms with Crippen molar-refractivity contribution in [3.05, 3.63) is 35.9 Å². The first kappa shape index (κ1) is 16.1. The van der Waals surface area contributed by atoms with Gasteiger partial charge in [0.25, 0.3) is 0 Å². The van der Waals surface area contributed by atoms with E-state index in [0.717, 1.165) is 19.3 Å². The van der Waals surface area contributed by atoms with Gasteiger partial charge in [-0.2, -0.15) is 0 Å². The second-order valence-corrected chi connectivity index (χ2v) is 7.28. The molecule has 1 aliphatic carbocycles. The summed E-state index contributed by atoms with van der Waals surface area (Å²) >= 11 is 0. The maximum atomic E-state index is 12.0. The van der Waals surface area contributed by atoms with Crippen molar-refractivity contribution in [2.45, 2.75) is 65.3 Å². The smallest absolute Gasteiger partial charge is 0.220 e. The monoisotopic (exact) mass is 287 g/mol. The summed E-state index contributed by atoms with van der Waals surface area (Å²) in [7, 11) is 0. The van der Waals surface area contributed by atoms with Crippen LogP contribution in [-0.4, -0.2) is 11.9 Å². The molecule has 1 aromatic carbocycles. The lowest BCUT2D eigenvalue weighted by Gasteiger charge is -2.41. The fourth-order valence-electron chi connectivity index (χ4n) is 3.48. The zero-order valence-corrected chi connectivity index (χ0v) is 13.7. The zero-order chi connectivity index (χ0) is 15.3. The molecule has 2 rings (SSSR count). The average Bonchev–Trinajstić information content (AvgIpc) is 2.43. The van der Waals surface area contributed by atoms with Crippen LogP contribution in [0.5, 0.6) is 0 Å². The van der Waals surface area contributed by atoms with Crippen molar-refractivity contribution in [2.24, 2.45) is 11.3 Å². The lowest BCUT2D eigenvalue weighted by atomic mass is 9.69. The van der Waals surface area contributed by atoms with Gasteiger partial charge >= 0.3 is 0 Å². The first-order valence-corrected chi connectivity index (χ1v) is 8.33. The molecule has 0 aromatic heterocycles. The van der Waals surface area contributed by atoms with Crippen LogP contribution in [0.25, 0.3) is 0 Å². The number of hydrogen-bond donors (Lipinski definition) is 1. The molecule has 0 aliphatic heterocycles. The quantitative estimate of drug-likeness (QED) is 0.857. The van der Waals surface area contributed by atoms with Crippen molar-refractivity contribution >= 4 is 5.91 Å². The third kappa shape index (κ3) is 4.87. The Morgan fingerprint density at radius 2 is 2.00 bits per heavy atom. The predicted octanol–water partition coefficient (Wildman–Crippen LogP) is 4.34. The molecule has 2 unspecified atom stereocenters. The molecule has 21 heavy (non-hydrogen) atoms. The maximum absolute atomic E-state index is 12.0. The van der Waals surface area contributed by atoms with Crippen molar-refractivity contribution < 1.29 is 4.79 Å². The number of carbonyl (C=O) groups is 1. The van der Waals surface area contributed by atoms with Gasteiger partial charge in [0.1, 0.15) is 0 Å². The van der Waals surface area contributed by atoms with Crippen LogP contribution in [0.4, 0.5) is 0 Å². The Morgan fingerprint density at radius 3 is 2.67 bits per heavy atom. The summed E-state index contributed by atoms with van der Waals surface area (Å²) in [4.78, 5) is 12.0. The predicted molar refractivity (Wildman–Crippen MR) is 88.1 cm³/mol. The van der Waals surface area contributed by atoms with Gasteiger partial charge in [-0.15, -0.1) is 0 Å². The molecule has 0 spiro atoms. The van der Waals surface area contributed by atoms with Gasteiger partial charge in [-0.25, -0.2) is 0 Å². The summed E-state index contributed by atoms with van der Waals surface area (Å²) in [6.07, 6.45) is 6.21. The van der Waals surface area contributed by atoms with Crippen molar-refractivity contribution in [1.82, 2.24) is 5.32 Å². The first-order valence-electron chi connectivity index (χ1n) is 8.33. The average molecular weight is 287 g/mol. The molecule has 1 saturated carbocycles.